The number of hydrogen-bond acceptors (Lipinski definition) is 4. The SMILES string of the molecule is CC(C#N)S(=O)(=O)NCc1ccccc1C#CCO. The van der Waals surface area contributed by atoms with Crippen LogP contribution in [0.1, 0.15) is 18.1 Å². The molecular formula is C13H14N2O3S. The molecule has 1 rings (SSSR count). The first-order chi connectivity index (χ1) is 9.01. The highest BCUT2D eigenvalue weighted by Gasteiger charge is 2.19. The van der Waals surface area contributed by atoms with Gasteiger partial charge in [-0.05, 0) is 18.6 Å². The van der Waals surface area contributed by atoms with Crippen LogP contribution in [0.5, 0.6) is 0 Å². The second-order valence-electron chi connectivity index (χ2n) is 3.75. The Morgan fingerprint density at radius 2 is 2.11 bits per heavy atom. The van der Waals surface area contributed by atoms with Gasteiger partial charge in [-0.3, -0.25) is 0 Å². The van der Waals surface area contributed by atoms with Gasteiger partial charge in [0.2, 0.25) is 10.0 Å². The van der Waals surface area contributed by atoms with Crippen molar-refractivity contribution >= 4 is 10.0 Å². The molecule has 0 bridgehead atoms. The number of benzene rings is 1. The second-order valence-corrected chi connectivity index (χ2v) is 5.84. The first-order valence-electron chi connectivity index (χ1n) is 5.57. The number of aliphatic hydroxyl groups is 1. The van der Waals surface area contributed by atoms with Crippen LogP contribution in [0.25, 0.3) is 0 Å². The number of aliphatic hydroxyl groups excluding tert-OH is 1. The predicted octanol–water partition coefficient (Wildman–Crippen LogP) is 0.362. The van der Waals surface area contributed by atoms with Gasteiger partial charge >= 0.3 is 0 Å². The molecule has 0 aliphatic rings. The summed E-state index contributed by atoms with van der Waals surface area (Å²) in [5.74, 6) is 5.25. The van der Waals surface area contributed by atoms with Crippen LogP contribution in [-0.4, -0.2) is 25.4 Å². The molecule has 0 saturated carbocycles. The molecule has 0 fully saturated rings. The molecule has 5 nitrogen and oxygen atoms in total. The third kappa shape index (κ3) is 4.38. The molecule has 1 aromatic rings. The van der Waals surface area contributed by atoms with Gasteiger partial charge in [-0.15, -0.1) is 0 Å². The Labute approximate surface area is 112 Å². The fraction of sp³-hybridized carbons (Fsp3) is 0.308. The zero-order valence-electron chi connectivity index (χ0n) is 10.4. The maximum Gasteiger partial charge on any atom is 0.227 e. The average Bonchev–Trinajstić information content (AvgIpc) is 2.42. The number of nitrogens with zero attached hydrogens (tertiary/aromatic N) is 1. The van der Waals surface area contributed by atoms with E-state index in [0.717, 1.165) is 0 Å². The number of rotatable bonds is 4. The van der Waals surface area contributed by atoms with Gasteiger partial charge in [0.1, 0.15) is 6.61 Å². The largest absolute Gasteiger partial charge is 0.384 e. The Morgan fingerprint density at radius 3 is 2.74 bits per heavy atom. The summed E-state index contributed by atoms with van der Waals surface area (Å²) in [4.78, 5) is 0. The monoisotopic (exact) mass is 278 g/mol. The van der Waals surface area contributed by atoms with Gasteiger partial charge in [-0.25, -0.2) is 13.1 Å². The van der Waals surface area contributed by atoms with Crippen LogP contribution in [0.4, 0.5) is 0 Å². The van der Waals surface area contributed by atoms with Crippen molar-refractivity contribution in [2.75, 3.05) is 6.61 Å². The highest BCUT2D eigenvalue weighted by Crippen LogP contribution is 2.08. The molecule has 0 aromatic heterocycles. The highest BCUT2D eigenvalue weighted by molar-refractivity contribution is 7.90. The van der Waals surface area contributed by atoms with Gasteiger partial charge in [0.25, 0.3) is 0 Å². The van der Waals surface area contributed by atoms with Crippen LogP contribution in [0.3, 0.4) is 0 Å². The van der Waals surface area contributed by atoms with Gasteiger partial charge in [0, 0.05) is 12.1 Å². The van der Waals surface area contributed by atoms with Crippen molar-refractivity contribution in [2.24, 2.45) is 0 Å². The molecule has 1 atom stereocenters. The molecule has 100 valence electrons. The lowest BCUT2D eigenvalue weighted by molar-refractivity contribution is 0.350. The Bertz CT molecular complexity index is 636. The van der Waals surface area contributed by atoms with Crippen molar-refractivity contribution in [1.29, 1.82) is 5.26 Å². The molecule has 0 aliphatic carbocycles. The summed E-state index contributed by atoms with van der Waals surface area (Å²) in [5, 5.41) is 16.2. The van der Waals surface area contributed by atoms with E-state index in [1.807, 2.05) is 0 Å². The van der Waals surface area contributed by atoms with Crippen molar-refractivity contribution in [3.05, 3.63) is 35.4 Å². The van der Waals surface area contributed by atoms with Crippen molar-refractivity contribution in [1.82, 2.24) is 4.72 Å². The summed E-state index contributed by atoms with van der Waals surface area (Å²) < 4.78 is 25.7. The predicted molar refractivity (Wildman–Crippen MR) is 71.2 cm³/mol. The van der Waals surface area contributed by atoms with E-state index in [1.165, 1.54) is 6.92 Å². The minimum Gasteiger partial charge on any atom is -0.384 e. The van der Waals surface area contributed by atoms with Crippen LogP contribution < -0.4 is 4.72 Å². The molecule has 0 radical (unpaired) electrons. The van der Waals surface area contributed by atoms with Crippen molar-refractivity contribution < 1.29 is 13.5 Å². The van der Waals surface area contributed by atoms with E-state index in [-0.39, 0.29) is 13.2 Å². The van der Waals surface area contributed by atoms with Crippen LogP contribution in [0.15, 0.2) is 24.3 Å². The Balaban J connectivity index is 2.88. The molecule has 1 aromatic carbocycles. The zero-order chi connectivity index (χ0) is 14.3. The molecule has 6 heteroatoms. The third-order valence-corrected chi connectivity index (χ3v) is 4.01. The Hall–Kier alpha value is -1.86. The standard InChI is InChI=1S/C13H14N2O3S/c1-11(9-14)19(17,18)15-10-13-6-3-2-5-12(13)7-4-8-16/h2-3,5-6,11,15-16H,8,10H2,1H3. The minimum absolute atomic E-state index is 0.0602. The number of hydrogen-bond donors (Lipinski definition) is 2. The molecule has 19 heavy (non-hydrogen) atoms. The quantitative estimate of drug-likeness (QED) is 0.778. The van der Waals surface area contributed by atoms with E-state index in [9.17, 15) is 8.42 Å². The van der Waals surface area contributed by atoms with E-state index in [2.05, 4.69) is 16.6 Å². The van der Waals surface area contributed by atoms with Crippen LogP contribution in [0, 0.1) is 23.2 Å². The fourth-order valence-electron chi connectivity index (χ4n) is 1.30. The molecule has 0 amide bonds. The smallest absolute Gasteiger partial charge is 0.227 e. The maximum atomic E-state index is 11.7. The highest BCUT2D eigenvalue weighted by atomic mass is 32.2. The Kier molecular flexibility index (Phi) is 5.53. The summed E-state index contributed by atoms with van der Waals surface area (Å²) in [6.45, 7) is 1.12. The second kappa shape index (κ2) is 6.91. The van der Waals surface area contributed by atoms with E-state index in [0.29, 0.717) is 11.1 Å². The van der Waals surface area contributed by atoms with Crippen molar-refractivity contribution in [3.8, 4) is 17.9 Å². The summed E-state index contributed by atoms with van der Waals surface area (Å²) in [6.07, 6.45) is 0. The van der Waals surface area contributed by atoms with Gasteiger partial charge in [-0.2, -0.15) is 5.26 Å². The van der Waals surface area contributed by atoms with Crippen LogP contribution in [0.2, 0.25) is 0 Å². The van der Waals surface area contributed by atoms with Gasteiger partial charge < -0.3 is 5.11 Å². The molecule has 0 aliphatic heterocycles. The molecule has 0 heterocycles. The maximum absolute atomic E-state index is 11.7. The van der Waals surface area contributed by atoms with Gasteiger partial charge in [0.05, 0.1) is 6.07 Å². The summed E-state index contributed by atoms with van der Waals surface area (Å²) >= 11 is 0. The summed E-state index contributed by atoms with van der Waals surface area (Å²) in [5.41, 5.74) is 1.33. The average molecular weight is 278 g/mol. The van der Waals surface area contributed by atoms with E-state index in [1.54, 1.807) is 30.3 Å². The van der Waals surface area contributed by atoms with E-state index < -0.39 is 15.3 Å². The molecule has 1 unspecified atom stereocenters. The van der Waals surface area contributed by atoms with E-state index in [4.69, 9.17) is 10.4 Å². The van der Waals surface area contributed by atoms with Crippen LogP contribution >= 0.6 is 0 Å². The molecule has 2 N–H and O–H groups in total. The van der Waals surface area contributed by atoms with Crippen LogP contribution in [-0.2, 0) is 16.6 Å². The molecular weight excluding hydrogens is 264 g/mol. The third-order valence-electron chi connectivity index (χ3n) is 2.43. The van der Waals surface area contributed by atoms with Crippen molar-refractivity contribution in [3.63, 3.8) is 0 Å². The van der Waals surface area contributed by atoms with Crippen molar-refractivity contribution in [2.45, 2.75) is 18.7 Å². The van der Waals surface area contributed by atoms with E-state index >= 15 is 0 Å². The first-order valence-corrected chi connectivity index (χ1v) is 7.11. The number of sulfonamides is 1. The van der Waals surface area contributed by atoms with Gasteiger partial charge in [0.15, 0.2) is 5.25 Å². The zero-order valence-corrected chi connectivity index (χ0v) is 11.2. The normalized spacial score (nSPS) is 12.1. The number of nitriles is 1. The Morgan fingerprint density at radius 1 is 1.42 bits per heavy atom. The lowest BCUT2D eigenvalue weighted by Gasteiger charge is -2.09. The topological polar surface area (TPSA) is 90.2 Å². The fourth-order valence-corrected chi connectivity index (χ4v) is 2.05. The first kappa shape index (κ1) is 15.2. The lowest BCUT2D eigenvalue weighted by Crippen LogP contribution is -2.31. The molecule has 0 spiro atoms. The summed E-state index contributed by atoms with van der Waals surface area (Å²) in [6, 6.07) is 8.69. The summed E-state index contributed by atoms with van der Waals surface area (Å²) in [7, 11) is -3.65. The lowest BCUT2D eigenvalue weighted by atomic mass is 10.1. The molecule has 0 saturated heterocycles. The minimum atomic E-state index is -3.65. The van der Waals surface area contributed by atoms with Gasteiger partial charge in [-0.1, -0.05) is 30.0 Å². The number of nitrogens with one attached hydrogen (secondary N) is 1.